The SMILES string of the molecule is CCNC(=O)C(CC)N(Cc1cccc(OC)c1)C(=O)CN(c1cccc(Br)c1)S(=O)(=O)c1ccc(C)cc1. The van der Waals surface area contributed by atoms with Gasteiger partial charge < -0.3 is 15.0 Å². The van der Waals surface area contributed by atoms with Crippen molar-refractivity contribution < 1.29 is 22.7 Å². The number of anilines is 1. The van der Waals surface area contributed by atoms with Crippen LogP contribution in [-0.4, -0.2) is 51.4 Å². The molecule has 2 amide bonds. The Bertz CT molecular complexity index is 1400. The molecule has 0 spiro atoms. The number of aryl methyl sites for hydroxylation is 1. The molecular weight excluding hydrogens is 582 g/mol. The van der Waals surface area contributed by atoms with E-state index < -0.39 is 28.5 Å². The van der Waals surface area contributed by atoms with Crippen LogP contribution in [0.1, 0.15) is 31.4 Å². The standard InChI is InChI=1S/C29H34BrN3O5S/c1-5-27(29(35)31-6-2)32(19-22-9-7-12-25(17-22)38-4)28(34)20-33(24-11-8-10-23(30)18-24)39(36,37)26-15-13-21(3)14-16-26/h7-18,27H,5-6,19-20H2,1-4H3,(H,31,35). The van der Waals surface area contributed by atoms with Crippen LogP contribution in [0.15, 0.2) is 82.2 Å². The summed E-state index contributed by atoms with van der Waals surface area (Å²) in [6.07, 6.45) is 0.350. The van der Waals surface area contributed by atoms with Crippen LogP contribution in [0.4, 0.5) is 5.69 Å². The highest BCUT2D eigenvalue weighted by Gasteiger charge is 2.33. The molecule has 0 aliphatic carbocycles. The van der Waals surface area contributed by atoms with Gasteiger partial charge in [0.15, 0.2) is 0 Å². The molecule has 3 rings (SSSR count). The minimum absolute atomic E-state index is 0.0657. The number of sulfonamides is 1. The minimum Gasteiger partial charge on any atom is -0.497 e. The van der Waals surface area contributed by atoms with E-state index in [2.05, 4.69) is 21.2 Å². The summed E-state index contributed by atoms with van der Waals surface area (Å²) in [4.78, 5) is 28.5. The van der Waals surface area contributed by atoms with Gasteiger partial charge in [0.25, 0.3) is 10.0 Å². The first-order chi connectivity index (χ1) is 18.6. The average Bonchev–Trinajstić information content (AvgIpc) is 2.92. The van der Waals surface area contributed by atoms with Crippen molar-refractivity contribution in [2.75, 3.05) is 24.5 Å². The number of ether oxygens (including phenoxy) is 1. The third-order valence-electron chi connectivity index (χ3n) is 6.21. The van der Waals surface area contributed by atoms with Crippen molar-refractivity contribution in [3.63, 3.8) is 0 Å². The summed E-state index contributed by atoms with van der Waals surface area (Å²) in [5, 5.41) is 2.80. The van der Waals surface area contributed by atoms with Crippen molar-refractivity contribution in [1.82, 2.24) is 10.2 Å². The van der Waals surface area contributed by atoms with E-state index in [1.165, 1.54) is 17.0 Å². The smallest absolute Gasteiger partial charge is 0.264 e. The van der Waals surface area contributed by atoms with Gasteiger partial charge in [-0.2, -0.15) is 0 Å². The van der Waals surface area contributed by atoms with Crippen molar-refractivity contribution >= 4 is 43.5 Å². The predicted octanol–water partition coefficient (Wildman–Crippen LogP) is 4.90. The first kappa shape index (κ1) is 30.2. The van der Waals surface area contributed by atoms with E-state index in [0.29, 0.717) is 28.9 Å². The van der Waals surface area contributed by atoms with E-state index in [9.17, 15) is 18.0 Å². The van der Waals surface area contributed by atoms with Crippen LogP contribution in [0.3, 0.4) is 0 Å². The Hall–Kier alpha value is -3.37. The van der Waals surface area contributed by atoms with Crippen LogP contribution in [-0.2, 0) is 26.2 Å². The molecular formula is C29H34BrN3O5S. The summed E-state index contributed by atoms with van der Waals surface area (Å²) in [5.41, 5.74) is 1.99. The highest BCUT2D eigenvalue weighted by atomic mass is 79.9. The molecule has 0 bridgehead atoms. The normalized spacial score (nSPS) is 11.9. The number of rotatable bonds is 12. The molecule has 3 aromatic rings. The number of benzene rings is 3. The molecule has 0 aromatic heterocycles. The Balaban J connectivity index is 2.07. The van der Waals surface area contributed by atoms with Crippen LogP contribution in [0.25, 0.3) is 0 Å². The molecule has 0 saturated carbocycles. The zero-order valence-corrected chi connectivity index (χ0v) is 25.0. The van der Waals surface area contributed by atoms with Gasteiger partial charge in [-0.05, 0) is 68.3 Å². The quantitative estimate of drug-likeness (QED) is 0.312. The monoisotopic (exact) mass is 615 g/mol. The summed E-state index contributed by atoms with van der Waals surface area (Å²) in [7, 11) is -2.57. The Morgan fingerprint density at radius 3 is 2.31 bits per heavy atom. The summed E-state index contributed by atoms with van der Waals surface area (Å²) in [5.74, 6) is -0.193. The molecule has 10 heteroatoms. The molecule has 0 aliphatic heterocycles. The van der Waals surface area contributed by atoms with Crippen LogP contribution in [0, 0.1) is 6.92 Å². The van der Waals surface area contributed by atoms with E-state index in [-0.39, 0.29) is 17.3 Å². The Labute approximate surface area is 239 Å². The van der Waals surface area contributed by atoms with E-state index in [4.69, 9.17) is 4.74 Å². The van der Waals surface area contributed by atoms with Gasteiger partial charge in [0.1, 0.15) is 18.3 Å². The fraction of sp³-hybridized carbons (Fsp3) is 0.310. The fourth-order valence-corrected chi connectivity index (χ4v) is 5.97. The molecule has 0 aliphatic rings. The van der Waals surface area contributed by atoms with Crippen molar-refractivity contribution in [1.29, 1.82) is 0 Å². The number of hydrogen-bond acceptors (Lipinski definition) is 5. The molecule has 0 saturated heterocycles. The molecule has 0 fully saturated rings. The zero-order valence-electron chi connectivity index (χ0n) is 22.6. The van der Waals surface area contributed by atoms with Gasteiger partial charge in [0.2, 0.25) is 11.8 Å². The number of methoxy groups -OCH3 is 1. The van der Waals surface area contributed by atoms with Crippen molar-refractivity contribution in [2.24, 2.45) is 0 Å². The molecule has 0 radical (unpaired) electrons. The molecule has 8 nitrogen and oxygen atoms in total. The molecule has 208 valence electrons. The summed E-state index contributed by atoms with van der Waals surface area (Å²) in [6, 6.07) is 19.7. The Morgan fingerprint density at radius 1 is 1.00 bits per heavy atom. The lowest BCUT2D eigenvalue weighted by molar-refractivity contribution is -0.140. The van der Waals surface area contributed by atoms with Crippen molar-refractivity contribution in [3.05, 3.63) is 88.4 Å². The van der Waals surface area contributed by atoms with Crippen LogP contribution in [0.5, 0.6) is 5.75 Å². The third kappa shape index (κ3) is 7.60. The molecule has 39 heavy (non-hydrogen) atoms. The van der Waals surface area contributed by atoms with E-state index in [1.807, 2.05) is 26.8 Å². The van der Waals surface area contributed by atoms with Crippen molar-refractivity contribution in [3.8, 4) is 5.75 Å². The number of halogens is 1. The van der Waals surface area contributed by atoms with Gasteiger partial charge in [-0.25, -0.2) is 8.42 Å². The zero-order chi connectivity index (χ0) is 28.6. The summed E-state index contributed by atoms with van der Waals surface area (Å²) >= 11 is 3.41. The lowest BCUT2D eigenvalue weighted by Crippen LogP contribution is -2.52. The van der Waals surface area contributed by atoms with Gasteiger partial charge in [-0.3, -0.25) is 13.9 Å². The van der Waals surface area contributed by atoms with Gasteiger partial charge in [0, 0.05) is 17.6 Å². The van der Waals surface area contributed by atoms with Crippen LogP contribution in [0.2, 0.25) is 0 Å². The molecule has 1 atom stereocenters. The highest BCUT2D eigenvalue weighted by molar-refractivity contribution is 9.10. The lowest BCUT2D eigenvalue weighted by Gasteiger charge is -2.33. The number of amides is 2. The highest BCUT2D eigenvalue weighted by Crippen LogP contribution is 2.27. The second-order valence-corrected chi connectivity index (χ2v) is 11.8. The number of likely N-dealkylation sites (N-methyl/N-ethyl adjacent to an activating group) is 1. The number of nitrogens with one attached hydrogen (secondary N) is 1. The van der Waals surface area contributed by atoms with Gasteiger partial charge in [0.05, 0.1) is 17.7 Å². The summed E-state index contributed by atoms with van der Waals surface area (Å²) < 4.78 is 34.8. The Morgan fingerprint density at radius 2 is 1.69 bits per heavy atom. The fourth-order valence-electron chi connectivity index (χ4n) is 4.18. The topological polar surface area (TPSA) is 96.0 Å². The maximum absolute atomic E-state index is 14.0. The van der Waals surface area contributed by atoms with Gasteiger partial charge >= 0.3 is 0 Å². The van der Waals surface area contributed by atoms with Gasteiger partial charge in [-0.15, -0.1) is 0 Å². The molecule has 0 heterocycles. The van der Waals surface area contributed by atoms with E-state index in [1.54, 1.807) is 61.7 Å². The molecule has 1 unspecified atom stereocenters. The van der Waals surface area contributed by atoms with Crippen LogP contribution < -0.4 is 14.4 Å². The maximum Gasteiger partial charge on any atom is 0.264 e. The number of hydrogen-bond donors (Lipinski definition) is 1. The second-order valence-electron chi connectivity index (χ2n) is 9.00. The molecule has 1 N–H and O–H groups in total. The first-order valence-electron chi connectivity index (χ1n) is 12.7. The van der Waals surface area contributed by atoms with E-state index >= 15 is 0 Å². The van der Waals surface area contributed by atoms with E-state index in [0.717, 1.165) is 15.4 Å². The maximum atomic E-state index is 14.0. The largest absolute Gasteiger partial charge is 0.497 e. The third-order valence-corrected chi connectivity index (χ3v) is 8.49. The lowest BCUT2D eigenvalue weighted by atomic mass is 10.1. The summed E-state index contributed by atoms with van der Waals surface area (Å²) in [6.45, 7) is 5.51. The van der Waals surface area contributed by atoms with Crippen LogP contribution >= 0.6 is 15.9 Å². The average molecular weight is 617 g/mol. The second kappa shape index (κ2) is 13.6. The molecule has 3 aromatic carbocycles. The predicted molar refractivity (Wildman–Crippen MR) is 156 cm³/mol. The van der Waals surface area contributed by atoms with Crippen molar-refractivity contribution in [2.45, 2.75) is 44.7 Å². The first-order valence-corrected chi connectivity index (χ1v) is 14.9. The number of nitrogens with zero attached hydrogens (tertiary/aromatic N) is 2. The Kier molecular flexibility index (Phi) is 10.5. The number of carbonyl (C=O) groups excluding carboxylic acids is 2. The minimum atomic E-state index is -4.12. The van der Waals surface area contributed by atoms with Gasteiger partial charge in [-0.1, -0.05) is 58.7 Å². The number of carbonyl (C=O) groups is 2.